The van der Waals surface area contributed by atoms with Gasteiger partial charge in [0.2, 0.25) is 0 Å². The minimum Gasteiger partial charge on any atom is -0.507 e. The molecule has 0 unspecified atom stereocenters. The summed E-state index contributed by atoms with van der Waals surface area (Å²) in [6, 6.07) is 12.8. The summed E-state index contributed by atoms with van der Waals surface area (Å²) in [5.74, 6) is 0.568. The first kappa shape index (κ1) is 14.7. The molecule has 0 spiro atoms. The molecule has 118 valence electrons. The molecule has 0 bridgehead atoms. The molecule has 5 nitrogen and oxygen atoms in total. The smallest absolute Gasteiger partial charge is 0.259 e. The maximum Gasteiger partial charge on any atom is 0.259 e. The van der Waals surface area contributed by atoms with Crippen LogP contribution in [-0.4, -0.2) is 16.0 Å². The van der Waals surface area contributed by atoms with Gasteiger partial charge in [0, 0.05) is 38.9 Å². The van der Waals surface area contributed by atoms with Gasteiger partial charge in [0.25, 0.3) is 5.91 Å². The van der Waals surface area contributed by atoms with Crippen LogP contribution < -0.4 is 10.6 Å². The van der Waals surface area contributed by atoms with Crippen LogP contribution in [0.4, 0.5) is 11.5 Å². The number of halogens is 1. The highest BCUT2D eigenvalue weighted by Gasteiger charge is 2.25. The van der Waals surface area contributed by atoms with Crippen LogP contribution in [0.1, 0.15) is 5.56 Å². The van der Waals surface area contributed by atoms with E-state index in [-0.39, 0.29) is 11.7 Å². The van der Waals surface area contributed by atoms with Gasteiger partial charge in [-0.05, 0) is 34.1 Å². The van der Waals surface area contributed by atoms with Gasteiger partial charge in [0.15, 0.2) is 0 Å². The first-order valence-corrected chi connectivity index (χ1v) is 8.07. The third-order valence-electron chi connectivity index (χ3n) is 3.89. The number of carbonyl (C=O) groups is 1. The third kappa shape index (κ3) is 2.41. The second-order valence-corrected chi connectivity index (χ2v) is 6.30. The first-order chi connectivity index (χ1) is 11.6. The SMILES string of the molecule is O=C1Nc2ncc(Br)cc2/C1=C/Nc1ccc(O)c2ccccc12. The minimum absolute atomic E-state index is 0.203. The van der Waals surface area contributed by atoms with Crippen molar-refractivity contribution >= 4 is 49.7 Å². The van der Waals surface area contributed by atoms with Gasteiger partial charge < -0.3 is 15.7 Å². The molecule has 1 aliphatic heterocycles. The molecular formula is C18H12BrN3O2. The van der Waals surface area contributed by atoms with Crippen LogP contribution in [0.5, 0.6) is 5.75 Å². The molecule has 0 atom stereocenters. The molecule has 3 N–H and O–H groups in total. The average Bonchev–Trinajstić information content (AvgIpc) is 2.89. The Morgan fingerprint density at radius 3 is 2.79 bits per heavy atom. The predicted molar refractivity (Wildman–Crippen MR) is 97.8 cm³/mol. The molecular weight excluding hydrogens is 370 g/mol. The molecule has 4 rings (SSSR count). The molecule has 3 aromatic rings. The van der Waals surface area contributed by atoms with E-state index in [1.807, 2.05) is 30.3 Å². The summed E-state index contributed by atoms with van der Waals surface area (Å²) < 4.78 is 0.804. The number of aromatic nitrogens is 1. The first-order valence-electron chi connectivity index (χ1n) is 7.28. The van der Waals surface area contributed by atoms with Crippen molar-refractivity contribution in [3.8, 4) is 5.75 Å². The molecule has 0 aliphatic carbocycles. The zero-order chi connectivity index (χ0) is 16.7. The van der Waals surface area contributed by atoms with Crippen LogP contribution in [-0.2, 0) is 4.79 Å². The Hall–Kier alpha value is -2.86. The summed E-state index contributed by atoms with van der Waals surface area (Å²) >= 11 is 3.37. The van der Waals surface area contributed by atoms with Crippen LogP contribution in [0, 0.1) is 0 Å². The number of nitrogens with zero attached hydrogens (tertiary/aromatic N) is 1. The summed E-state index contributed by atoms with van der Waals surface area (Å²) in [6.45, 7) is 0. The van der Waals surface area contributed by atoms with Gasteiger partial charge in [-0.25, -0.2) is 4.98 Å². The Balaban J connectivity index is 1.76. The topological polar surface area (TPSA) is 74.2 Å². The minimum atomic E-state index is -0.203. The normalized spacial score (nSPS) is 14.7. The molecule has 24 heavy (non-hydrogen) atoms. The molecule has 1 amide bonds. The Bertz CT molecular complexity index is 1010. The van der Waals surface area contributed by atoms with Crippen LogP contribution in [0.25, 0.3) is 16.3 Å². The fourth-order valence-corrected chi connectivity index (χ4v) is 3.07. The lowest BCUT2D eigenvalue weighted by atomic mass is 10.1. The molecule has 0 saturated carbocycles. The van der Waals surface area contributed by atoms with Crippen LogP contribution in [0.3, 0.4) is 0 Å². The van der Waals surface area contributed by atoms with Gasteiger partial charge in [-0.2, -0.15) is 0 Å². The fourth-order valence-electron chi connectivity index (χ4n) is 2.74. The van der Waals surface area contributed by atoms with Crippen molar-refractivity contribution in [3.05, 3.63) is 64.9 Å². The van der Waals surface area contributed by atoms with Crippen molar-refractivity contribution in [3.63, 3.8) is 0 Å². The number of hydrogen-bond acceptors (Lipinski definition) is 4. The number of anilines is 2. The monoisotopic (exact) mass is 381 g/mol. The van der Waals surface area contributed by atoms with Gasteiger partial charge in [0.05, 0.1) is 5.57 Å². The number of carbonyl (C=O) groups excluding carboxylic acids is 1. The van der Waals surface area contributed by atoms with Crippen molar-refractivity contribution in [2.24, 2.45) is 0 Å². The number of amides is 1. The maximum absolute atomic E-state index is 12.2. The number of hydrogen-bond donors (Lipinski definition) is 3. The quantitative estimate of drug-likeness (QED) is 0.461. The average molecular weight is 382 g/mol. The van der Waals surface area contributed by atoms with Crippen LogP contribution in [0.15, 0.2) is 59.3 Å². The molecule has 1 aromatic heterocycles. The van der Waals surface area contributed by atoms with Crippen molar-refractivity contribution in [2.45, 2.75) is 0 Å². The van der Waals surface area contributed by atoms with E-state index in [0.717, 1.165) is 26.5 Å². The number of phenolic OH excluding ortho intramolecular Hbond substituents is 1. The van der Waals surface area contributed by atoms with Crippen LogP contribution >= 0.6 is 15.9 Å². The van der Waals surface area contributed by atoms with Crippen molar-refractivity contribution in [1.82, 2.24) is 4.98 Å². The molecule has 0 radical (unpaired) electrons. The molecule has 2 aromatic carbocycles. The lowest BCUT2D eigenvalue weighted by Crippen LogP contribution is -2.05. The van der Waals surface area contributed by atoms with Gasteiger partial charge in [-0.15, -0.1) is 0 Å². The highest BCUT2D eigenvalue weighted by Crippen LogP contribution is 2.34. The number of rotatable bonds is 2. The standard InChI is InChI=1S/C18H12BrN3O2/c19-10-7-13-14(18(24)22-17(13)21-8-10)9-20-15-5-6-16(23)12-4-2-1-3-11(12)15/h1-9,20,23H,(H,21,22,24)/b14-9-. The van der Waals surface area contributed by atoms with Crippen molar-refractivity contribution in [1.29, 1.82) is 0 Å². The lowest BCUT2D eigenvalue weighted by Gasteiger charge is -2.08. The van der Waals surface area contributed by atoms with Crippen LogP contribution in [0.2, 0.25) is 0 Å². The van der Waals surface area contributed by atoms with Crippen molar-refractivity contribution in [2.75, 3.05) is 10.6 Å². The van der Waals surface area contributed by atoms with E-state index in [1.165, 1.54) is 0 Å². The Labute approximate surface area is 146 Å². The lowest BCUT2D eigenvalue weighted by molar-refractivity contribution is -0.110. The number of phenols is 1. The zero-order valence-corrected chi connectivity index (χ0v) is 14.0. The number of nitrogens with one attached hydrogen (secondary N) is 2. The zero-order valence-electron chi connectivity index (χ0n) is 12.4. The Morgan fingerprint density at radius 2 is 1.96 bits per heavy atom. The molecule has 0 saturated heterocycles. The van der Waals surface area contributed by atoms with Gasteiger partial charge >= 0.3 is 0 Å². The van der Waals surface area contributed by atoms with E-state index in [1.54, 1.807) is 24.5 Å². The maximum atomic E-state index is 12.2. The largest absolute Gasteiger partial charge is 0.507 e. The summed E-state index contributed by atoms with van der Waals surface area (Å²) in [7, 11) is 0. The summed E-state index contributed by atoms with van der Waals surface area (Å²) in [4.78, 5) is 16.4. The summed E-state index contributed by atoms with van der Waals surface area (Å²) in [5, 5.41) is 17.5. The molecule has 6 heteroatoms. The fraction of sp³-hybridized carbons (Fsp3) is 0. The van der Waals surface area contributed by atoms with E-state index in [0.29, 0.717) is 11.4 Å². The number of benzene rings is 2. The predicted octanol–water partition coefficient (Wildman–Crippen LogP) is 4.11. The Kier molecular flexibility index (Phi) is 3.46. The Morgan fingerprint density at radius 1 is 1.17 bits per heavy atom. The second-order valence-electron chi connectivity index (χ2n) is 5.38. The van der Waals surface area contributed by atoms with E-state index >= 15 is 0 Å². The van der Waals surface area contributed by atoms with Crippen molar-refractivity contribution < 1.29 is 9.90 Å². The number of pyridine rings is 1. The van der Waals surface area contributed by atoms with E-state index in [2.05, 4.69) is 31.5 Å². The van der Waals surface area contributed by atoms with Gasteiger partial charge in [-0.3, -0.25) is 4.79 Å². The molecule has 2 heterocycles. The highest BCUT2D eigenvalue weighted by atomic mass is 79.9. The van der Waals surface area contributed by atoms with E-state index in [9.17, 15) is 9.90 Å². The van der Waals surface area contributed by atoms with Gasteiger partial charge in [0.1, 0.15) is 11.6 Å². The number of aromatic hydroxyl groups is 1. The molecule has 0 fully saturated rings. The van der Waals surface area contributed by atoms with Gasteiger partial charge in [-0.1, -0.05) is 24.3 Å². The summed E-state index contributed by atoms with van der Waals surface area (Å²) in [5.41, 5.74) is 2.06. The number of fused-ring (bicyclic) bond motifs is 2. The van der Waals surface area contributed by atoms with E-state index < -0.39 is 0 Å². The molecule has 1 aliphatic rings. The third-order valence-corrected chi connectivity index (χ3v) is 4.33. The van der Waals surface area contributed by atoms with E-state index in [4.69, 9.17) is 0 Å². The second kappa shape index (κ2) is 5.65. The highest BCUT2D eigenvalue weighted by molar-refractivity contribution is 9.10. The summed E-state index contributed by atoms with van der Waals surface area (Å²) in [6.07, 6.45) is 3.30.